The molecular weight excluding hydrogens is 172 g/mol. The van der Waals surface area contributed by atoms with Gasteiger partial charge in [-0.15, -0.1) is 0 Å². The number of piperidine rings is 1. The number of nitrogens with zero attached hydrogens (tertiary/aromatic N) is 1. The Labute approximate surface area is 78.1 Å². The van der Waals surface area contributed by atoms with Crippen LogP contribution in [0.25, 0.3) is 0 Å². The van der Waals surface area contributed by atoms with E-state index in [0.717, 1.165) is 19.4 Å². The Kier molecular flexibility index (Phi) is 1.92. The highest BCUT2D eigenvalue weighted by atomic mass is 19.3. The van der Waals surface area contributed by atoms with Gasteiger partial charge in [-0.05, 0) is 33.2 Å². The minimum atomic E-state index is -2.36. The highest BCUT2D eigenvalue weighted by Crippen LogP contribution is 2.64. The molecule has 1 atom stereocenters. The molecule has 0 amide bonds. The van der Waals surface area contributed by atoms with Crippen LogP contribution in [-0.4, -0.2) is 30.0 Å². The van der Waals surface area contributed by atoms with Crippen LogP contribution in [0.15, 0.2) is 0 Å². The zero-order valence-electron chi connectivity index (χ0n) is 8.32. The van der Waals surface area contributed by atoms with Crippen LogP contribution in [0.4, 0.5) is 8.78 Å². The largest absolute Gasteiger partial charge is 0.300 e. The van der Waals surface area contributed by atoms with Gasteiger partial charge in [-0.2, -0.15) is 0 Å². The number of rotatable bonds is 1. The quantitative estimate of drug-likeness (QED) is 0.612. The number of halogens is 2. The summed E-state index contributed by atoms with van der Waals surface area (Å²) in [5.41, 5.74) is -0.629. The molecule has 1 nitrogen and oxygen atoms in total. The number of hydrogen-bond acceptors (Lipinski definition) is 1. The maximum absolute atomic E-state index is 13.1. The summed E-state index contributed by atoms with van der Waals surface area (Å²) in [5.74, 6) is -2.36. The summed E-state index contributed by atoms with van der Waals surface area (Å²) in [7, 11) is 0. The molecule has 0 bridgehead atoms. The topological polar surface area (TPSA) is 3.24 Å². The molecule has 3 heteroatoms. The predicted octanol–water partition coefficient (Wildman–Crippen LogP) is 2.52. The second-order valence-corrected chi connectivity index (χ2v) is 4.83. The average molecular weight is 189 g/mol. The smallest absolute Gasteiger partial charge is 0.255 e. The van der Waals surface area contributed by atoms with Crippen molar-refractivity contribution in [3.05, 3.63) is 0 Å². The molecule has 1 aliphatic carbocycles. The number of alkyl halides is 2. The Morgan fingerprint density at radius 1 is 1.31 bits per heavy atom. The van der Waals surface area contributed by atoms with Gasteiger partial charge in [-0.1, -0.05) is 0 Å². The number of likely N-dealkylation sites (tertiary alicyclic amines) is 1. The fourth-order valence-corrected chi connectivity index (χ4v) is 2.43. The van der Waals surface area contributed by atoms with Gasteiger partial charge in [-0.25, -0.2) is 8.78 Å². The fraction of sp³-hybridized carbons (Fsp3) is 1.00. The zero-order valence-corrected chi connectivity index (χ0v) is 8.32. The van der Waals surface area contributed by atoms with Gasteiger partial charge >= 0.3 is 0 Å². The molecule has 13 heavy (non-hydrogen) atoms. The van der Waals surface area contributed by atoms with Crippen LogP contribution in [0, 0.1) is 5.41 Å². The molecule has 0 N–H and O–H groups in total. The van der Waals surface area contributed by atoms with E-state index in [0.29, 0.717) is 12.6 Å². The third-order valence-corrected chi connectivity index (χ3v) is 3.55. The molecule has 76 valence electrons. The van der Waals surface area contributed by atoms with Gasteiger partial charge in [0.2, 0.25) is 0 Å². The van der Waals surface area contributed by atoms with Crippen LogP contribution in [0.1, 0.15) is 33.1 Å². The first-order valence-electron chi connectivity index (χ1n) is 5.09. The molecule has 0 aromatic carbocycles. The first-order chi connectivity index (χ1) is 5.97. The van der Waals surface area contributed by atoms with Gasteiger partial charge in [0.05, 0.1) is 5.41 Å². The van der Waals surface area contributed by atoms with Crippen LogP contribution in [0.3, 0.4) is 0 Å². The lowest BCUT2D eigenvalue weighted by Crippen LogP contribution is -2.42. The average Bonchev–Trinajstić information content (AvgIpc) is 2.52. The molecule has 0 aromatic rings. The molecule has 1 unspecified atom stereocenters. The lowest BCUT2D eigenvalue weighted by Gasteiger charge is -2.35. The van der Waals surface area contributed by atoms with Gasteiger partial charge in [0.15, 0.2) is 0 Å². The van der Waals surface area contributed by atoms with Crippen molar-refractivity contribution in [2.24, 2.45) is 5.41 Å². The second kappa shape index (κ2) is 2.66. The molecule has 0 aromatic heterocycles. The third-order valence-electron chi connectivity index (χ3n) is 3.55. The van der Waals surface area contributed by atoms with Crippen LogP contribution in [-0.2, 0) is 0 Å². The summed E-state index contributed by atoms with van der Waals surface area (Å²) in [6.45, 7) is 5.77. The van der Waals surface area contributed by atoms with Gasteiger partial charge in [-0.3, -0.25) is 0 Å². The van der Waals surface area contributed by atoms with E-state index in [1.54, 1.807) is 0 Å². The first-order valence-corrected chi connectivity index (χ1v) is 5.09. The van der Waals surface area contributed by atoms with E-state index in [1.807, 2.05) is 0 Å². The molecule has 2 rings (SSSR count). The van der Waals surface area contributed by atoms with Crippen molar-refractivity contribution in [3.8, 4) is 0 Å². The Balaban J connectivity index is 2.02. The Morgan fingerprint density at radius 2 is 1.92 bits per heavy atom. The predicted molar refractivity (Wildman–Crippen MR) is 47.9 cm³/mol. The second-order valence-electron chi connectivity index (χ2n) is 4.83. The van der Waals surface area contributed by atoms with Gasteiger partial charge in [0, 0.05) is 19.0 Å². The van der Waals surface area contributed by atoms with Crippen molar-refractivity contribution in [2.75, 3.05) is 13.1 Å². The summed E-state index contributed by atoms with van der Waals surface area (Å²) in [6.07, 6.45) is 1.79. The molecule has 1 saturated carbocycles. The minimum Gasteiger partial charge on any atom is -0.300 e. The molecule has 1 aliphatic heterocycles. The van der Waals surface area contributed by atoms with Crippen molar-refractivity contribution in [1.29, 1.82) is 0 Å². The van der Waals surface area contributed by atoms with Crippen LogP contribution < -0.4 is 0 Å². The zero-order chi connectivity index (χ0) is 9.69. The van der Waals surface area contributed by atoms with Gasteiger partial charge < -0.3 is 4.90 Å². The SMILES string of the molecule is CC(C)N1CCCC2(C1)CC2(F)F. The van der Waals surface area contributed by atoms with Gasteiger partial charge in [0.1, 0.15) is 0 Å². The highest BCUT2D eigenvalue weighted by molar-refractivity contribution is 5.12. The van der Waals surface area contributed by atoms with Crippen molar-refractivity contribution < 1.29 is 8.78 Å². The van der Waals surface area contributed by atoms with E-state index in [-0.39, 0.29) is 6.42 Å². The van der Waals surface area contributed by atoms with Crippen LogP contribution >= 0.6 is 0 Å². The standard InChI is InChI=1S/C10H17F2N/c1-8(2)13-5-3-4-9(7-13)6-10(9,11)12/h8H,3-7H2,1-2H3. The maximum Gasteiger partial charge on any atom is 0.255 e. The fourth-order valence-electron chi connectivity index (χ4n) is 2.43. The van der Waals surface area contributed by atoms with Crippen LogP contribution in [0.5, 0.6) is 0 Å². The van der Waals surface area contributed by atoms with Crippen molar-refractivity contribution >= 4 is 0 Å². The minimum absolute atomic E-state index is 0.128. The first kappa shape index (κ1) is 9.38. The summed E-state index contributed by atoms with van der Waals surface area (Å²) in [4.78, 5) is 2.18. The van der Waals surface area contributed by atoms with E-state index < -0.39 is 11.3 Å². The summed E-state index contributed by atoms with van der Waals surface area (Å²) < 4.78 is 26.2. The maximum atomic E-state index is 13.1. The molecule has 1 spiro atoms. The van der Waals surface area contributed by atoms with E-state index in [4.69, 9.17) is 0 Å². The van der Waals surface area contributed by atoms with E-state index >= 15 is 0 Å². The Morgan fingerprint density at radius 3 is 2.38 bits per heavy atom. The van der Waals surface area contributed by atoms with Crippen molar-refractivity contribution in [1.82, 2.24) is 4.90 Å². The highest BCUT2D eigenvalue weighted by Gasteiger charge is 2.71. The molecule has 2 fully saturated rings. The van der Waals surface area contributed by atoms with Crippen molar-refractivity contribution in [2.45, 2.75) is 45.1 Å². The van der Waals surface area contributed by atoms with Crippen LogP contribution in [0.2, 0.25) is 0 Å². The normalized spacial score (nSPS) is 38.5. The lowest BCUT2D eigenvalue weighted by molar-refractivity contribution is 0.0170. The monoisotopic (exact) mass is 189 g/mol. The molecule has 1 saturated heterocycles. The molecular formula is C10H17F2N. The van der Waals surface area contributed by atoms with E-state index in [2.05, 4.69) is 18.7 Å². The van der Waals surface area contributed by atoms with E-state index in [9.17, 15) is 8.78 Å². The summed E-state index contributed by atoms with van der Waals surface area (Å²) >= 11 is 0. The molecule has 0 radical (unpaired) electrons. The number of hydrogen-bond donors (Lipinski definition) is 0. The Bertz CT molecular complexity index is 215. The summed E-state index contributed by atoms with van der Waals surface area (Å²) in [6, 6.07) is 0.411. The lowest BCUT2D eigenvalue weighted by atomic mass is 9.93. The Hall–Kier alpha value is -0.180. The summed E-state index contributed by atoms with van der Waals surface area (Å²) in [5, 5.41) is 0. The molecule has 2 aliphatic rings. The third kappa shape index (κ3) is 1.37. The molecule has 1 heterocycles. The van der Waals surface area contributed by atoms with E-state index in [1.165, 1.54) is 0 Å². The van der Waals surface area contributed by atoms with Crippen molar-refractivity contribution in [3.63, 3.8) is 0 Å². The van der Waals surface area contributed by atoms with Gasteiger partial charge in [0.25, 0.3) is 5.92 Å².